The van der Waals surface area contributed by atoms with E-state index in [4.69, 9.17) is 0 Å². The van der Waals surface area contributed by atoms with Gasteiger partial charge in [0.2, 0.25) is 11.9 Å². The highest BCUT2D eigenvalue weighted by Gasteiger charge is 2.18. The van der Waals surface area contributed by atoms with Crippen LogP contribution in [0.1, 0.15) is 0 Å². The smallest absolute Gasteiger partial charge is 0.259 e. The fourth-order valence-electron chi connectivity index (χ4n) is 2.20. The number of rotatable bonds is 4. The van der Waals surface area contributed by atoms with Crippen molar-refractivity contribution < 1.29 is 10.4 Å². The molecule has 126 valence electrons. The molecule has 0 saturated heterocycles. The molecule has 0 amide bonds. The van der Waals surface area contributed by atoms with Gasteiger partial charge in [-0.05, 0) is 12.1 Å². The van der Waals surface area contributed by atoms with Gasteiger partial charge in [0.25, 0.3) is 5.78 Å². The van der Waals surface area contributed by atoms with Crippen molar-refractivity contribution in [2.45, 2.75) is 0 Å². The van der Waals surface area contributed by atoms with Crippen LogP contribution in [0, 0.1) is 0 Å². The SMILES string of the molecule is CN(C)c1nc(N(C)C)n2nc(-c3ccccc3N(O)O)nc2n1. The number of anilines is 3. The minimum absolute atomic E-state index is 0.0464. The minimum atomic E-state index is 0.0464. The van der Waals surface area contributed by atoms with Crippen molar-refractivity contribution in [2.75, 3.05) is 43.2 Å². The predicted molar refractivity (Wildman–Crippen MR) is 88.7 cm³/mol. The lowest BCUT2D eigenvalue weighted by Crippen LogP contribution is -2.20. The van der Waals surface area contributed by atoms with Crippen LogP contribution in [0.25, 0.3) is 17.2 Å². The summed E-state index contributed by atoms with van der Waals surface area (Å²) in [5.74, 6) is 1.74. The zero-order valence-corrected chi connectivity index (χ0v) is 13.8. The summed E-state index contributed by atoms with van der Waals surface area (Å²) in [6.45, 7) is 0. The quantitative estimate of drug-likeness (QED) is 0.675. The highest BCUT2D eigenvalue weighted by Crippen LogP contribution is 2.28. The Morgan fingerprint density at radius 2 is 1.62 bits per heavy atom. The van der Waals surface area contributed by atoms with Gasteiger partial charge in [-0.2, -0.15) is 19.5 Å². The lowest BCUT2D eigenvalue weighted by molar-refractivity contribution is 0.0294. The average molecular weight is 330 g/mol. The van der Waals surface area contributed by atoms with Crippen molar-refractivity contribution in [2.24, 2.45) is 0 Å². The van der Waals surface area contributed by atoms with Gasteiger partial charge < -0.3 is 9.80 Å². The molecule has 0 bridgehead atoms. The van der Waals surface area contributed by atoms with Gasteiger partial charge in [-0.1, -0.05) is 12.1 Å². The van der Waals surface area contributed by atoms with Crippen molar-refractivity contribution in [3.8, 4) is 11.4 Å². The lowest BCUT2D eigenvalue weighted by Gasteiger charge is -2.15. The van der Waals surface area contributed by atoms with E-state index in [1.54, 1.807) is 34.1 Å². The molecule has 2 N–H and O–H groups in total. The summed E-state index contributed by atoms with van der Waals surface area (Å²) in [4.78, 5) is 16.8. The highest BCUT2D eigenvalue weighted by molar-refractivity contribution is 5.73. The molecule has 0 aliphatic carbocycles. The largest absolute Gasteiger partial charge is 0.347 e. The van der Waals surface area contributed by atoms with Gasteiger partial charge in [0.1, 0.15) is 5.69 Å². The molecule has 0 aliphatic heterocycles. The molecule has 0 unspecified atom stereocenters. The van der Waals surface area contributed by atoms with Crippen LogP contribution in [0.2, 0.25) is 0 Å². The number of hydrogen-bond donors (Lipinski definition) is 2. The third-order valence-corrected chi connectivity index (χ3v) is 3.34. The second-order valence-electron chi connectivity index (χ2n) is 5.57. The number of nitrogens with zero attached hydrogens (tertiary/aromatic N) is 8. The summed E-state index contributed by atoms with van der Waals surface area (Å²) in [5.41, 5.74) is 0.629. The van der Waals surface area contributed by atoms with E-state index < -0.39 is 0 Å². The summed E-state index contributed by atoms with van der Waals surface area (Å²) in [6, 6.07) is 6.69. The first-order chi connectivity index (χ1) is 11.4. The van der Waals surface area contributed by atoms with E-state index >= 15 is 0 Å². The van der Waals surface area contributed by atoms with Crippen LogP contribution in [0.3, 0.4) is 0 Å². The van der Waals surface area contributed by atoms with Gasteiger partial charge in [0.15, 0.2) is 5.82 Å². The van der Waals surface area contributed by atoms with E-state index in [0.29, 0.717) is 29.1 Å². The monoisotopic (exact) mass is 330 g/mol. The molecule has 24 heavy (non-hydrogen) atoms. The maximum absolute atomic E-state index is 9.38. The second kappa shape index (κ2) is 5.91. The average Bonchev–Trinajstić information content (AvgIpc) is 2.97. The van der Waals surface area contributed by atoms with Gasteiger partial charge in [0.05, 0.1) is 0 Å². The summed E-state index contributed by atoms with van der Waals surface area (Å²) < 4.78 is 1.51. The van der Waals surface area contributed by atoms with E-state index in [0.717, 1.165) is 0 Å². The molecule has 1 aromatic carbocycles. The number of fused-ring (bicyclic) bond motifs is 1. The third kappa shape index (κ3) is 2.68. The molecule has 10 heteroatoms. The van der Waals surface area contributed by atoms with Crippen LogP contribution in [0.4, 0.5) is 17.6 Å². The maximum Gasteiger partial charge on any atom is 0.259 e. The van der Waals surface area contributed by atoms with Crippen molar-refractivity contribution in [1.29, 1.82) is 0 Å². The van der Waals surface area contributed by atoms with Crippen LogP contribution < -0.4 is 15.0 Å². The molecule has 0 saturated carbocycles. The summed E-state index contributed by atoms with van der Waals surface area (Å²) >= 11 is 0. The van der Waals surface area contributed by atoms with Crippen LogP contribution in [0.15, 0.2) is 24.3 Å². The molecule has 0 fully saturated rings. The fourth-order valence-corrected chi connectivity index (χ4v) is 2.20. The number of hydrogen-bond acceptors (Lipinski definition) is 9. The Kier molecular flexibility index (Phi) is 3.91. The first-order valence-electron chi connectivity index (χ1n) is 7.15. The Hall–Kier alpha value is -2.98. The van der Waals surface area contributed by atoms with Crippen LogP contribution in [-0.2, 0) is 0 Å². The van der Waals surface area contributed by atoms with E-state index in [9.17, 15) is 10.4 Å². The number of aromatic nitrogens is 5. The molecule has 2 heterocycles. The third-order valence-electron chi connectivity index (χ3n) is 3.34. The molecular weight excluding hydrogens is 312 g/mol. The zero-order chi connectivity index (χ0) is 17.4. The Bertz CT molecular complexity index is 874. The zero-order valence-electron chi connectivity index (χ0n) is 13.8. The summed E-state index contributed by atoms with van der Waals surface area (Å²) in [5, 5.41) is 23.2. The Morgan fingerprint density at radius 1 is 0.917 bits per heavy atom. The Morgan fingerprint density at radius 3 is 2.25 bits per heavy atom. The van der Waals surface area contributed by atoms with Gasteiger partial charge in [0, 0.05) is 33.8 Å². The topological polar surface area (TPSA) is 106 Å². The fraction of sp³-hybridized carbons (Fsp3) is 0.286. The number of para-hydroxylation sites is 1. The Balaban J connectivity index is 2.24. The van der Waals surface area contributed by atoms with Gasteiger partial charge >= 0.3 is 0 Å². The van der Waals surface area contributed by atoms with Crippen LogP contribution in [-0.4, -0.2) is 63.2 Å². The van der Waals surface area contributed by atoms with E-state index in [1.807, 2.05) is 28.2 Å². The Labute approximate surface area is 138 Å². The van der Waals surface area contributed by atoms with Crippen molar-refractivity contribution in [3.63, 3.8) is 0 Å². The highest BCUT2D eigenvalue weighted by atomic mass is 16.8. The second-order valence-corrected chi connectivity index (χ2v) is 5.57. The number of benzene rings is 1. The normalized spacial score (nSPS) is 10.9. The molecule has 2 aromatic heterocycles. The molecule has 0 spiro atoms. The van der Waals surface area contributed by atoms with Crippen molar-refractivity contribution in [3.05, 3.63) is 24.3 Å². The standard InChI is InChI=1S/C14H18N8O2/c1-19(2)12-16-13-15-11(18-21(13)14(17-12)20(3)4)9-7-5-6-8-10(9)22(23)24/h5-8,23-24H,1-4H3. The lowest BCUT2D eigenvalue weighted by atomic mass is 10.2. The first kappa shape index (κ1) is 15.9. The van der Waals surface area contributed by atoms with E-state index in [-0.39, 0.29) is 10.9 Å². The molecule has 0 radical (unpaired) electrons. The van der Waals surface area contributed by atoms with Gasteiger partial charge in [-0.3, -0.25) is 10.4 Å². The molecule has 3 aromatic rings. The molecule has 10 nitrogen and oxygen atoms in total. The van der Waals surface area contributed by atoms with Gasteiger partial charge in [-0.25, -0.2) is 0 Å². The summed E-state index contributed by atoms with van der Waals surface area (Å²) in [7, 11) is 7.37. The van der Waals surface area contributed by atoms with Crippen LogP contribution in [0.5, 0.6) is 0 Å². The van der Waals surface area contributed by atoms with Crippen molar-refractivity contribution in [1.82, 2.24) is 24.6 Å². The molecule has 0 aliphatic rings. The maximum atomic E-state index is 9.38. The predicted octanol–water partition coefficient (Wildman–Crippen LogP) is 0.903. The van der Waals surface area contributed by atoms with Gasteiger partial charge in [-0.15, -0.1) is 10.3 Å². The molecule has 3 rings (SSSR count). The first-order valence-corrected chi connectivity index (χ1v) is 7.15. The molecular formula is C14H18N8O2. The van der Waals surface area contributed by atoms with Crippen molar-refractivity contribution >= 4 is 23.4 Å². The van der Waals surface area contributed by atoms with E-state index in [1.165, 1.54) is 4.52 Å². The van der Waals surface area contributed by atoms with E-state index in [2.05, 4.69) is 20.1 Å². The minimum Gasteiger partial charge on any atom is -0.347 e. The molecule has 0 atom stereocenters. The van der Waals surface area contributed by atoms with Crippen LogP contribution >= 0.6 is 0 Å². The summed E-state index contributed by atoms with van der Waals surface area (Å²) in [6.07, 6.45) is 0.